The van der Waals surface area contributed by atoms with E-state index in [1.54, 1.807) is 54.6 Å². The molecule has 0 fully saturated rings. The Morgan fingerprint density at radius 1 is 0.900 bits per heavy atom. The van der Waals surface area contributed by atoms with Crippen LogP contribution in [0.15, 0.2) is 95.2 Å². The Morgan fingerprint density at radius 2 is 1.60 bits per heavy atom. The number of anilines is 1. The lowest BCUT2D eigenvalue weighted by Gasteiger charge is -2.05. The second-order valence-electron chi connectivity index (χ2n) is 6.02. The highest BCUT2D eigenvalue weighted by Crippen LogP contribution is 2.21. The molecule has 150 valence electrons. The first-order valence-electron chi connectivity index (χ1n) is 9.05. The molecule has 0 atom stereocenters. The predicted octanol–water partition coefficient (Wildman–Crippen LogP) is 5.20. The maximum absolute atomic E-state index is 12.2. The van der Waals surface area contributed by atoms with Gasteiger partial charge in [-0.3, -0.25) is 4.79 Å². The number of methoxy groups -OCH3 is 1. The predicted molar refractivity (Wildman–Crippen MR) is 113 cm³/mol. The summed E-state index contributed by atoms with van der Waals surface area (Å²) < 4.78 is 5.15. The lowest BCUT2D eigenvalue weighted by molar-refractivity contribution is -0.134. The minimum Gasteiger partial charge on any atom is -0.496 e. The van der Waals surface area contributed by atoms with E-state index in [2.05, 4.69) is 15.7 Å². The number of para-hydroxylation sites is 1. The lowest BCUT2D eigenvalue weighted by Crippen LogP contribution is -2.07. The quantitative estimate of drug-likeness (QED) is 0.334. The standard InChI is InChI=1S/C23H19N3O4/c1-29-21-10-6-5-9-20(21)23(28)25-24-18-12-14-19(15-13-18)26-30-22(27)16-11-17-7-3-2-4-8-17/h2-16,26H,1H3/b16-11+,25-24?. The van der Waals surface area contributed by atoms with E-state index in [1.165, 1.54) is 13.2 Å². The van der Waals surface area contributed by atoms with Crippen molar-refractivity contribution < 1.29 is 19.2 Å². The zero-order valence-corrected chi connectivity index (χ0v) is 16.2. The first-order chi connectivity index (χ1) is 14.7. The smallest absolute Gasteiger partial charge is 0.355 e. The van der Waals surface area contributed by atoms with Gasteiger partial charge in [0.2, 0.25) is 0 Å². The molecule has 0 radical (unpaired) electrons. The molecule has 0 aliphatic rings. The van der Waals surface area contributed by atoms with Gasteiger partial charge >= 0.3 is 5.97 Å². The topological polar surface area (TPSA) is 89.3 Å². The van der Waals surface area contributed by atoms with Crippen LogP contribution in [0.1, 0.15) is 15.9 Å². The average molecular weight is 401 g/mol. The minimum absolute atomic E-state index is 0.331. The molecule has 0 heterocycles. The van der Waals surface area contributed by atoms with E-state index in [4.69, 9.17) is 9.57 Å². The summed E-state index contributed by atoms with van der Waals surface area (Å²) in [6.07, 6.45) is 2.99. The monoisotopic (exact) mass is 401 g/mol. The van der Waals surface area contributed by atoms with Crippen LogP contribution in [-0.4, -0.2) is 19.0 Å². The number of ether oxygens (including phenoxy) is 1. The molecule has 1 N–H and O–H groups in total. The second-order valence-corrected chi connectivity index (χ2v) is 6.02. The summed E-state index contributed by atoms with van der Waals surface area (Å²) in [5.74, 6) is -0.608. The van der Waals surface area contributed by atoms with Crippen LogP contribution in [0.4, 0.5) is 11.4 Å². The molecule has 0 saturated heterocycles. The van der Waals surface area contributed by atoms with Crippen LogP contribution in [0.3, 0.4) is 0 Å². The van der Waals surface area contributed by atoms with E-state index in [0.29, 0.717) is 22.7 Å². The fourth-order valence-corrected chi connectivity index (χ4v) is 2.45. The van der Waals surface area contributed by atoms with Crippen molar-refractivity contribution >= 4 is 29.3 Å². The highest BCUT2D eigenvalue weighted by atomic mass is 16.7. The fraction of sp³-hybridized carbons (Fsp3) is 0.0435. The summed E-state index contributed by atoms with van der Waals surface area (Å²) in [6.45, 7) is 0. The van der Waals surface area contributed by atoms with Crippen molar-refractivity contribution in [3.05, 3.63) is 96.1 Å². The largest absolute Gasteiger partial charge is 0.496 e. The van der Waals surface area contributed by atoms with Crippen LogP contribution in [0.5, 0.6) is 5.75 Å². The van der Waals surface area contributed by atoms with Crippen LogP contribution in [-0.2, 0) is 9.63 Å². The van der Waals surface area contributed by atoms with Crippen LogP contribution in [0.2, 0.25) is 0 Å². The molecular weight excluding hydrogens is 382 g/mol. The van der Waals surface area contributed by atoms with Crippen molar-refractivity contribution in [3.63, 3.8) is 0 Å². The molecule has 7 nitrogen and oxygen atoms in total. The van der Waals surface area contributed by atoms with Crippen molar-refractivity contribution in [3.8, 4) is 5.75 Å². The van der Waals surface area contributed by atoms with Gasteiger partial charge in [0.25, 0.3) is 5.91 Å². The number of rotatable bonds is 7. The number of hydrogen-bond donors (Lipinski definition) is 1. The van der Waals surface area contributed by atoms with Crippen LogP contribution < -0.4 is 10.2 Å². The number of azo groups is 1. The highest BCUT2D eigenvalue weighted by Gasteiger charge is 2.10. The van der Waals surface area contributed by atoms with Gasteiger partial charge in [0, 0.05) is 6.08 Å². The number of nitrogens with zero attached hydrogens (tertiary/aromatic N) is 2. The summed E-state index contributed by atoms with van der Waals surface area (Å²) >= 11 is 0. The van der Waals surface area contributed by atoms with Crippen LogP contribution in [0, 0.1) is 0 Å². The highest BCUT2D eigenvalue weighted by molar-refractivity contribution is 5.97. The zero-order chi connectivity index (χ0) is 21.2. The molecule has 3 aromatic carbocycles. The molecule has 3 rings (SSSR count). The van der Waals surface area contributed by atoms with Crippen molar-refractivity contribution in [1.29, 1.82) is 0 Å². The van der Waals surface area contributed by atoms with Gasteiger partial charge in [-0.15, -0.1) is 10.2 Å². The molecule has 0 saturated carbocycles. The summed E-state index contributed by atoms with van der Waals surface area (Å²) in [5, 5.41) is 7.65. The number of carbonyl (C=O) groups is 2. The molecule has 0 aliphatic carbocycles. The Bertz CT molecular complexity index is 1060. The maximum Gasteiger partial charge on any atom is 0.355 e. The molecule has 1 amide bonds. The number of nitrogens with one attached hydrogen (secondary N) is 1. The number of hydrogen-bond acceptors (Lipinski definition) is 6. The average Bonchev–Trinajstić information content (AvgIpc) is 2.81. The summed E-state index contributed by atoms with van der Waals surface area (Å²) in [6, 6.07) is 22.8. The van der Waals surface area contributed by atoms with Gasteiger partial charge in [0.1, 0.15) is 5.75 Å². The van der Waals surface area contributed by atoms with E-state index in [1.807, 2.05) is 30.3 Å². The van der Waals surface area contributed by atoms with Gasteiger partial charge in [-0.1, -0.05) is 42.5 Å². The Balaban J connectivity index is 1.53. The molecule has 0 bridgehead atoms. The summed E-state index contributed by atoms with van der Waals surface area (Å²) in [5.41, 5.74) is 4.80. The molecule has 0 aromatic heterocycles. The van der Waals surface area contributed by atoms with Crippen LogP contribution in [0.25, 0.3) is 6.08 Å². The molecule has 0 aliphatic heterocycles. The van der Waals surface area contributed by atoms with E-state index >= 15 is 0 Å². The Labute approximate surface area is 173 Å². The first kappa shape index (κ1) is 20.5. The van der Waals surface area contributed by atoms with Crippen molar-refractivity contribution in [1.82, 2.24) is 0 Å². The molecular formula is C23H19N3O4. The van der Waals surface area contributed by atoms with Gasteiger partial charge in [-0.25, -0.2) is 10.3 Å². The van der Waals surface area contributed by atoms with Gasteiger partial charge in [-0.2, -0.15) is 0 Å². The number of carbonyl (C=O) groups excluding carboxylic acids is 2. The lowest BCUT2D eigenvalue weighted by atomic mass is 10.2. The SMILES string of the molecule is COc1ccccc1C(=O)N=Nc1ccc(NOC(=O)/C=C/c2ccccc2)cc1. The van der Waals surface area contributed by atoms with Crippen molar-refractivity contribution in [2.24, 2.45) is 10.2 Å². The maximum atomic E-state index is 12.2. The number of benzene rings is 3. The molecule has 3 aromatic rings. The zero-order valence-electron chi connectivity index (χ0n) is 16.2. The van der Waals surface area contributed by atoms with Crippen LogP contribution >= 0.6 is 0 Å². The minimum atomic E-state index is -0.537. The van der Waals surface area contributed by atoms with Gasteiger partial charge in [0.15, 0.2) is 0 Å². The number of amides is 1. The summed E-state index contributed by atoms with van der Waals surface area (Å²) in [4.78, 5) is 28.9. The molecule has 30 heavy (non-hydrogen) atoms. The van der Waals surface area contributed by atoms with Crippen molar-refractivity contribution in [2.45, 2.75) is 0 Å². The summed E-state index contributed by atoms with van der Waals surface area (Å²) in [7, 11) is 1.49. The van der Waals surface area contributed by atoms with Gasteiger partial charge in [0.05, 0.1) is 24.0 Å². The van der Waals surface area contributed by atoms with E-state index in [-0.39, 0.29) is 0 Å². The molecule has 7 heteroatoms. The Kier molecular flexibility index (Phi) is 7.05. The fourth-order valence-electron chi connectivity index (χ4n) is 2.45. The third kappa shape index (κ3) is 5.87. The second kappa shape index (κ2) is 10.3. The first-order valence-corrected chi connectivity index (χ1v) is 9.05. The van der Waals surface area contributed by atoms with E-state index in [9.17, 15) is 9.59 Å². The normalized spacial score (nSPS) is 10.8. The molecule has 0 unspecified atom stereocenters. The van der Waals surface area contributed by atoms with E-state index < -0.39 is 11.9 Å². The van der Waals surface area contributed by atoms with Gasteiger partial charge < -0.3 is 9.57 Å². The Morgan fingerprint density at radius 3 is 2.33 bits per heavy atom. The third-order valence-corrected chi connectivity index (χ3v) is 3.94. The van der Waals surface area contributed by atoms with Crippen molar-refractivity contribution in [2.75, 3.05) is 12.6 Å². The Hall–Kier alpha value is -4.26. The van der Waals surface area contributed by atoms with E-state index in [0.717, 1.165) is 5.56 Å². The third-order valence-electron chi connectivity index (χ3n) is 3.94. The van der Waals surface area contributed by atoms with Gasteiger partial charge in [-0.05, 0) is 48.0 Å². The molecule has 0 spiro atoms.